The Morgan fingerprint density at radius 2 is 0.724 bits per heavy atom. The predicted molar refractivity (Wildman–Crippen MR) is 239 cm³/mol. The summed E-state index contributed by atoms with van der Waals surface area (Å²) in [6.07, 6.45) is 6.31. The average Bonchev–Trinajstić information content (AvgIpc) is 3.99. The molecule has 4 heteroatoms. The summed E-state index contributed by atoms with van der Waals surface area (Å²) in [7, 11) is 0. The molecule has 8 aromatic carbocycles. The van der Waals surface area contributed by atoms with Gasteiger partial charge in [0.05, 0.1) is 0 Å². The summed E-state index contributed by atoms with van der Waals surface area (Å²) in [5.41, 5.74) is 15.7. The van der Waals surface area contributed by atoms with Gasteiger partial charge in [-0.15, -0.1) is 0 Å². The van der Waals surface area contributed by atoms with Gasteiger partial charge in [-0.05, 0) is 78.1 Å². The van der Waals surface area contributed by atoms with E-state index < -0.39 is 0 Å². The van der Waals surface area contributed by atoms with Crippen molar-refractivity contribution in [2.45, 2.75) is 12.8 Å². The van der Waals surface area contributed by atoms with Crippen LogP contribution in [-0.2, 0) is 0 Å². The second-order valence-corrected chi connectivity index (χ2v) is 15.1. The molecule has 58 heavy (non-hydrogen) atoms. The first-order valence-corrected chi connectivity index (χ1v) is 19.9. The van der Waals surface area contributed by atoms with Crippen LogP contribution in [-0.4, -0.2) is 0 Å². The zero-order valence-corrected chi connectivity index (χ0v) is 31.5. The first kappa shape index (κ1) is 32.7. The third kappa shape index (κ3) is 5.15. The topological polar surface area (TPSA) is 42.7 Å². The zero-order valence-electron chi connectivity index (χ0n) is 31.5. The molecule has 0 radical (unpaired) electrons. The maximum absolute atomic E-state index is 6.45. The monoisotopic (exact) mass is 745 g/mol. The van der Waals surface area contributed by atoms with Crippen LogP contribution in [0.15, 0.2) is 207 Å². The Bertz CT molecular complexity index is 3290. The number of hydrogen-bond donors (Lipinski definition) is 0. The molecule has 0 N–H and O–H groups in total. The van der Waals surface area contributed by atoms with Gasteiger partial charge in [-0.2, -0.15) is 0 Å². The number of anilines is 2. The van der Waals surface area contributed by atoms with Crippen LogP contribution < -0.4 is 4.90 Å². The van der Waals surface area contributed by atoms with Gasteiger partial charge in [0.25, 0.3) is 0 Å². The van der Waals surface area contributed by atoms with Crippen molar-refractivity contribution in [3.63, 3.8) is 0 Å². The Morgan fingerprint density at radius 1 is 0.328 bits per heavy atom. The molecule has 0 amide bonds. The van der Waals surface area contributed by atoms with E-state index in [4.69, 9.17) is 13.3 Å². The van der Waals surface area contributed by atoms with Crippen LogP contribution >= 0.6 is 0 Å². The van der Waals surface area contributed by atoms with Crippen molar-refractivity contribution < 1.29 is 13.3 Å². The maximum Gasteiger partial charge on any atom is 0.143 e. The summed E-state index contributed by atoms with van der Waals surface area (Å²) in [5, 5.41) is 6.84. The molecule has 274 valence electrons. The lowest BCUT2D eigenvalue weighted by molar-refractivity contribution is 0.667. The standard InChI is InChI=1S/C54H35NO3/c1-4-19-49-43(10-1)46-16-7-13-40(52(46)56-49)34-22-28-37(29-23-34)55(38-30-24-35(25-31-38)41-14-8-17-47-44-11-2-5-20-50(44)57-53(41)47)39-32-26-36(27-33-39)42-15-9-18-48-45-12-3-6-21-51(45)58-54(42)48/h1-26,28-32H,27,33H2. The van der Waals surface area contributed by atoms with E-state index >= 15 is 0 Å². The molecule has 0 saturated heterocycles. The van der Waals surface area contributed by atoms with Crippen molar-refractivity contribution in [1.82, 2.24) is 0 Å². The highest BCUT2D eigenvalue weighted by atomic mass is 16.3. The molecule has 0 saturated carbocycles. The third-order valence-corrected chi connectivity index (χ3v) is 11.8. The lowest BCUT2D eigenvalue weighted by atomic mass is 9.93. The number of fused-ring (bicyclic) bond motifs is 9. The molecule has 1 aliphatic carbocycles. The van der Waals surface area contributed by atoms with Crippen LogP contribution in [0.25, 0.3) is 93.6 Å². The number of allylic oxidation sites excluding steroid dienone is 4. The SMILES string of the molecule is C1=C(c2cccc3c2oc2ccccc23)CCC(N(c2ccc(-c3cccc4c3oc3ccccc34)cc2)c2ccc(-c3cccc4c3oc3ccccc34)cc2)=C1. The highest BCUT2D eigenvalue weighted by Crippen LogP contribution is 2.43. The minimum atomic E-state index is 0.864. The second kappa shape index (κ2) is 13.0. The number of para-hydroxylation sites is 6. The highest BCUT2D eigenvalue weighted by Gasteiger charge is 2.22. The molecule has 0 atom stereocenters. The summed E-state index contributed by atoms with van der Waals surface area (Å²) >= 11 is 0. The van der Waals surface area contributed by atoms with Crippen molar-refractivity contribution in [3.05, 3.63) is 199 Å². The van der Waals surface area contributed by atoms with E-state index in [1.54, 1.807) is 0 Å². The van der Waals surface area contributed by atoms with E-state index in [0.717, 1.165) is 118 Å². The fraction of sp³-hybridized carbons (Fsp3) is 0.0370. The van der Waals surface area contributed by atoms with Crippen LogP contribution in [0.2, 0.25) is 0 Å². The molecule has 0 fully saturated rings. The van der Waals surface area contributed by atoms with Gasteiger partial charge in [0, 0.05) is 66.1 Å². The van der Waals surface area contributed by atoms with Crippen LogP contribution in [0.3, 0.4) is 0 Å². The minimum Gasteiger partial charge on any atom is -0.455 e. The van der Waals surface area contributed by atoms with Crippen molar-refractivity contribution >= 4 is 82.8 Å². The van der Waals surface area contributed by atoms with Crippen molar-refractivity contribution in [3.8, 4) is 22.3 Å². The van der Waals surface area contributed by atoms with E-state index in [1.807, 2.05) is 30.3 Å². The van der Waals surface area contributed by atoms with Crippen molar-refractivity contribution in [2.75, 3.05) is 4.90 Å². The molecular weight excluding hydrogens is 711 g/mol. The van der Waals surface area contributed by atoms with E-state index in [1.165, 1.54) is 11.3 Å². The Morgan fingerprint density at radius 3 is 1.16 bits per heavy atom. The molecule has 0 bridgehead atoms. The molecule has 3 heterocycles. The van der Waals surface area contributed by atoms with Gasteiger partial charge in [0.15, 0.2) is 0 Å². The predicted octanol–water partition coefficient (Wildman–Crippen LogP) is 15.6. The average molecular weight is 746 g/mol. The fourth-order valence-corrected chi connectivity index (χ4v) is 9.05. The summed E-state index contributed by atoms with van der Waals surface area (Å²) in [5.74, 6) is 0. The Labute approximate surface area is 334 Å². The van der Waals surface area contributed by atoms with Crippen LogP contribution in [0, 0.1) is 0 Å². The molecular formula is C54H35NO3. The van der Waals surface area contributed by atoms with Crippen LogP contribution in [0.5, 0.6) is 0 Å². The first-order chi connectivity index (χ1) is 28.7. The van der Waals surface area contributed by atoms with Crippen LogP contribution in [0.1, 0.15) is 18.4 Å². The van der Waals surface area contributed by atoms with Gasteiger partial charge in [0.1, 0.15) is 33.5 Å². The Hall–Kier alpha value is -7.56. The molecule has 1 aliphatic rings. The quantitative estimate of drug-likeness (QED) is 0.170. The van der Waals surface area contributed by atoms with Gasteiger partial charge in [-0.3, -0.25) is 0 Å². The molecule has 11 aromatic rings. The van der Waals surface area contributed by atoms with Gasteiger partial charge < -0.3 is 18.2 Å². The van der Waals surface area contributed by atoms with Crippen LogP contribution in [0.4, 0.5) is 11.4 Å². The summed E-state index contributed by atoms with van der Waals surface area (Å²) < 4.78 is 19.3. The number of rotatable bonds is 6. The molecule has 3 aromatic heterocycles. The Balaban J connectivity index is 0.953. The van der Waals surface area contributed by atoms with E-state index in [2.05, 4.69) is 163 Å². The smallest absolute Gasteiger partial charge is 0.143 e. The molecule has 12 rings (SSSR count). The summed E-state index contributed by atoms with van der Waals surface area (Å²) in [4.78, 5) is 2.39. The van der Waals surface area contributed by atoms with E-state index in [9.17, 15) is 0 Å². The largest absolute Gasteiger partial charge is 0.455 e. The summed E-state index contributed by atoms with van der Waals surface area (Å²) in [6, 6.07) is 61.9. The van der Waals surface area contributed by atoms with Crippen molar-refractivity contribution in [2.24, 2.45) is 0 Å². The zero-order chi connectivity index (χ0) is 38.2. The number of hydrogen-bond acceptors (Lipinski definition) is 4. The molecule has 0 spiro atoms. The van der Waals surface area contributed by atoms with Gasteiger partial charge in [0.2, 0.25) is 0 Å². The van der Waals surface area contributed by atoms with E-state index in [-0.39, 0.29) is 0 Å². The number of benzene rings is 8. The second-order valence-electron chi connectivity index (χ2n) is 15.1. The summed E-state index contributed by atoms with van der Waals surface area (Å²) in [6.45, 7) is 0. The molecule has 0 aliphatic heterocycles. The fourth-order valence-electron chi connectivity index (χ4n) is 9.05. The van der Waals surface area contributed by atoms with Gasteiger partial charge >= 0.3 is 0 Å². The van der Waals surface area contributed by atoms with Gasteiger partial charge in [-0.25, -0.2) is 0 Å². The van der Waals surface area contributed by atoms with Crippen molar-refractivity contribution in [1.29, 1.82) is 0 Å². The third-order valence-electron chi connectivity index (χ3n) is 11.8. The lowest BCUT2D eigenvalue weighted by Crippen LogP contribution is -2.17. The van der Waals surface area contributed by atoms with E-state index in [0.29, 0.717) is 0 Å². The normalized spacial score (nSPS) is 13.2. The number of furan rings is 3. The van der Waals surface area contributed by atoms with Gasteiger partial charge in [-0.1, -0.05) is 140 Å². The Kier molecular flexibility index (Phi) is 7.32. The minimum absolute atomic E-state index is 0.864. The highest BCUT2D eigenvalue weighted by molar-refractivity contribution is 6.11. The number of nitrogens with zero attached hydrogens (tertiary/aromatic N) is 1. The maximum atomic E-state index is 6.45. The first-order valence-electron chi connectivity index (χ1n) is 19.9. The lowest BCUT2D eigenvalue weighted by Gasteiger charge is -2.30. The molecule has 4 nitrogen and oxygen atoms in total. The molecule has 0 unspecified atom stereocenters.